The summed E-state index contributed by atoms with van der Waals surface area (Å²) in [4.78, 5) is 2.63. The van der Waals surface area contributed by atoms with Crippen LogP contribution in [0.2, 0.25) is 0 Å². The SMILES string of the molecule is O=S(=O)(NNC1=C[C@H](c2ccccc2)Oc2ccccc21)c1ccc(Br)cc1. The predicted octanol–water partition coefficient (Wildman–Crippen LogP) is 4.41. The number of nitrogens with one attached hydrogen (secondary N) is 2. The van der Waals surface area contributed by atoms with Gasteiger partial charge in [0.2, 0.25) is 0 Å². The summed E-state index contributed by atoms with van der Waals surface area (Å²) < 4.78 is 32.1. The lowest BCUT2D eigenvalue weighted by Crippen LogP contribution is -2.37. The number of halogens is 1. The van der Waals surface area contributed by atoms with Gasteiger partial charge >= 0.3 is 0 Å². The third kappa shape index (κ3) is 3.96. The Balaban J connectivity index is 1.62. The zero-order chi connectivity index (χ0) is 19.6. The van der Waals surface area contributed by atoms with Crippen molar-refractivity contribution in [2.24, 2.45) is 0 Å². The lowest BCUT2D eigenvalue weighted by molar-refractivity contribution is 0.249. The third-order valence-corrected chi connectivity index (χ3v) is 6.11. The molecule has 0 spiro atoms. The molecule has 0 aromatic heterocycles. The number of fused-ring (bicyclic) bond motifs is 1. The number of hydrazine groups is 1. The normalized spacial score (nSPS) is 15.9. The Bertz CT molecular complexity index is 1110. The van der Waals surface area contributed by atoms with Crippen LogP contribution in [0.4, 0.5) is 0 Å². The Hall–Kier alpha value is -2.61. The molecule has 28 heavy (non-hydrogen) atoms. The Labute approximate surface area is 172 Å². The number of para-hydroxylation sites is 1. The highest BCUT2D eigenvalue weighted by Gasteiger charge is 2.23. The predicted molar refractivity (Wildman–Crippen MR) is 112 cm³/mol. The largest absolute Gasteiger partial charge is 0.481 e. The molecule has 3 aromatic rings. The van der Waals surface area contributed by atoms with E-state index in [1.807, 2.05) is 60.7 Å². The van der Waals surface area contributed by atoms with Crippen LogP contribution >= 0.6 is 15.9 Å². The first-order chi connectivity index (χ1) is 13.5. The van der Waals surface area contributed by atoms with E-state index in [2.05, 4.69) is 26.2 Å². The summed E-state index contributed by atoms with van der Waals surface area (Å²) in [5.41, 5.74) is 5.26. The van der Waals surface area contributed by atoms with E-state index in [0.717, 1.165) is 15.6 Å². The van der Waals surface area contributed by atoms with Gasteiger partial charge in [0, 0.05) is 10.0 Å². The topological polar surface area (TPSA) is 67.4 Å². The van der Waals surface area contributed by atoms with Crippen molar-refractivity contribution in [1.82, 2.24) is 10.3 Å². The van der Waals surface area contributed by atoms with Gasteiger partial charge in [-0.15, -0.1) is 4.83 Å². The first kappa shape index (κ1) is 18.7. The van der Waals surface area contributed by atoms with Gasteiger partial charge in [0.1, 0.15) is 11.9 Å². The minimum atomic E-state index is -3.72. The standard InChI is InChI=1S/C21H17BrN2O3S/c22-16-10-12-17(13-11-16)28(25,26)24-23-19-14-21(15-6-2-1-3-7-15)27-20-9-5-4-8-18(19)20/h1-14,21,23-24H/t21-/m1/s1. The van der Waals surface area contributed by atoms with Crippen LogP contribution in [0.15, 0.2) is 94.3 Å². The van der Waals surface area contributed by atoms with Crippen molar-refractivity contribution < 1.29 is 13.2 Å². The zero-order valence-electron chi connectivity index (χ0n) is 14.7. The van der Waals surface area contributed by atoms with Crippen molar-refractivity contribution >= 4 is 31.7 Å². The highest BCUT2D eigenvalue weighted by atomic mass is 79.9. The number of benzene rings is 3. The van der Waals surface area contributed by atoms with Crippen LogP contribution in [0, 0.1) is 0 Å². The van der Waals surface area contributed by atoms with Gasteiger partial charge in [-0.05, 0) is 48.0 Å². The fourth-order valence-electron chi connectivity index (χ4n) is 2.91. The van der Waals surface area contributed by atoms with Crippen LogP contribution < -0.4 is 15.0 Å². The van der Waals surface area contributed by atoms with Gasteiger partial charge in [0.05, 0.1) is 10.6 Å². The van der Waals surface area contributed by atoms with Crippen LogP contribution in [0.3, 0.4) is 0 Å². The average Bonchev–Trinajstić information content (AvgIpc) is 2.73. The maximum absolute atomic E-state index is 12.6. The molecule has 5 nitrogen and oxygen atoms in total. The fraction of sp³-hybridized carbons (Fsp3) is 0.0476. The first-order valence-electron chi connectivity index (χ1n) is 8.59. The van der Waals surface area contributed by atoms with Crippen molar-refractivity contribution in [3.63, 3.8) is 0 Å². The molecule has 0 amide bonds. The molecular formula is C21H17BrN2O3S. The molecule has 3 aromatic carbocycles. The molecule has 7 heteroatoms. The van der Waals surface area contributed by atoms with Gasteiger partial charge in [-0.1, -0.05) is 58.4 Å². The lowest BCUT2D eigenvalue weighted by Gasteiger charge is -2.26. The summed E-state index contributed by atoms with van der Waals surface area (Å²) in [5.74, 6) is 0.684. The molecule has 142 valence electrons. The second-order valence-corrected chi connectivity index (χ2v) is 8.81. The number of sulfonamides is 1. The summed E-state index contributed by atoms with van der Waals surface area (Å²) in [6, 6.07) is 23.7. The number of rotatable bonds is 5. The molecule has 0 unspecified atom stereocenters. The van der Waals surface area contributed by atoms with E-state index >= 15 is 0 Å². The number of hydrogen-bond donors (Lipinski definition) is 2. The van der Waals surface area contributed by atoms with E-state index in [-0.39, 0.29) is 11.0 Å². The summed E-state index contributed by atoms with van der Waals surface area (Å²) in [7, 11) is -3.72. The van der Waals surface area contributed by atoms with Crippen LogP contribution in [0.25, 0.3) is 5.70 Å². The molecule has 0 saturated heterocycles. The highest BCUT2D eigenvalue weighted by Crippen LogP contribution is 2.35. The van der Waals surface area contributed by atoms with Gasteiger partial charge in [0.25, 0.3) is 10.0 Å². The molecule has 1 atom stereocenters. The third-order valence-electron chi connectivity index (χ3n) is 4.32. The van der Waals surface area contributed by atoms with E-state index in [9.17, 15) is 8.42 Å². The summed E-state index contributed by atoms with van der Waals surface area (Å²) in [6.07, 6.45) is 1.54. The smallest absolute Gasteiger partial charge is 0.257 e. The van der Waals surface area contributed by atoms with Gasteiger partial charge in [-0.25, -0.2) is 8.42 Å². The van der Waals surface area contributed by atoms with E-state index in [4.69, 9.17) is 4.74 Å². The maximum atomic E-state index is 12.6. The van der Waals surface area contributed by atoms with E-state index in [1.165, 1.54) is 12.1 Å². The van der Waals surface area contributed by atoms with Crippen LogP contribution in [-0.4, -0.2) is 8.42 Å². The molecule has 0 aliphatic carbocycles. The molecule has 0 saturated carbocycles. The van der Waals surface area contributed by atoms with Crippen molar-refractivity contribution in [1.29, 1.82) is 0 Å². The summed E-state index contributed by atoms with van der Waals surface area (Å²) in [5, 5.41) is 0. The minimum absolute atomic E-state index is 0.170. The Kier molecular flexibility index (Phi) is 5.21. The van der Waals surface area contributed by atoms with Gasteiger partial charge in [-0.3, -0.25) is 0 Å². The first-order valence-corrected chi connectivity index (χ1v) is 10.9. The summed E-state index contributed by atoms with van der Waals surface area (Å²) >= 11 is 3.31. The molecule has 4 rings (SSSR count). The molecule has 0 bridgehead atoms. The Morgan fingerprint density at radius 3 is 2.29 bits per heavy atom. The second kappa shape index (κ2) is 7.79. The average molecular weight is 457 g/mol. The van der Waals surface area contributed by atoms with Crippen molar-refractivity contribution in [3.05, 3.63) is 101 Å². The number of hydrogen-bond acceptors (Lipinski definition) is 4. The Morgan fingerprint density at radius 2 is 1.54 bits per heavy atom. The van der Waals surface area contributed by atoms with Crippen LogP contribution in [0.1, 0.15) is 17.2 Å². The van der Waals surface area contributed by atoms with Crippen LogP contribution in [0.5, 0.6) is 5.75 Å². The minimum Gasteiger partial charge on any atom is -0.481 e. The molecule has 1 aliphatic heterocycles. The highest BCUT2D eigenvalue weighted by molar-refractivity contribution is 9.10. The quantitative estimate of drug-likeness (QED) is 0.558. The van der Waals surface area contributed by atoms with Crippen molar-refractivity contribution in [2.45, 2.75) is 11.0 Å². The molecule has 0 radical (unpaired) electrons. The fourth-order valence-corrected chi connectivity index (χ4v) is 4.04. The van der Waals surface area contributed by atoms with E-state index < -0.39 is 10.0 Å². The molecule has 1 heterocycles. The summed E-state index contributed by atoms with van der Waals surface area (Å²) in [6.45, 7) is 0. The van der Waals surface area contributed by atoms with Crippen molar-refractivity contribution in [2.75, 3.05) is 0 Å². The van der Waals surface area contributed by atoms with Gasteiger partial charge < -0.3 is 10.2 Å². The zero-order valence-corrected chi connectivity index (χ0v) is 17.1. The Morgan fingerprint density at radius 1 is 0.857 bits per heavy atom. The van der Waals surface area contributed by atoms with E-state index in [1.54, 1.807) is 12.1 Å². The van der Waals surface area contributed by atoms with Crippen LogP contribution in [-0.2, 0) is 10.0 Å². The second-order valence-electron chi connectivity index (χ2n) is 6.21. The molecule has 0 fully saturated rings. The number of ether oxygens (including phenoxy) is 1. The maximum Gasteiger partial charge on any atom is 0.257 e. The molecule has 1 aliphatic rings. The lowest BCUT2D eigenvalue weighted by atomic mass is 10.0. The van der Waals surface area contributed by atoms with Gasteiger partial charge in [0.15, 0.2) is 0 Å². The monoisotopic (exact) mass is 456 g/mol. The molecular weight excluding hydrogens is 440 g/mol. The van der Waals surface area contributed by atoms with Gasteiger partial charge in [-0.2, -0.15) is 0 Å². The van der Waals surface area contributed by atoms with Crippen molar-refractivity contribution in [3.8, 4) is 5.75 Å². The molecule has 2 N–H and O–H groups in total. The van der Waals surface area contributed by atoms with E-state index in [0.29, 0.717) is 11.4 Å².